The van der Waals surface area contributed by atoms with Crippen molar-refractivity contribution in [3.05, 3.63) is 29.8 Å². The van der Waals surface area contributed by atoms with Gasteiger partial charge in [-0.3, -0.25) is 0 Å². The van der Waals surface area contributed by atoms with Crippen LogP contribution in [-0.2, 0) is 5.41 Å². The molecule has 1 saturated heterocycles. The zero-order chi connectivity index (χ0) is 15.5. The predicted molar refractivity (Wildman–Crippen MR) is 87.8 cm³/mol. The van der Waals surface area contributed by atoms with Crippen LogP contribution in [0.3, 0.4) is 0 Å². The maximum Gasteiger partial charge on any atom is 0.319 e. The van der Waals surface area contributed by atoms with E-state index in [1.54, 1.807) is 0 Å². The van der Waals surface area contributed by atoms with Crippen LogP contribution < -0.4 is 10.6 Å². The normalized spacial score (nSPS) is 17.5. The average Bonchev–Trinajstić information content (AvgIpc) is 2.41. The quantitative estimate of drug-likeness (QED) is 0.878. The van der Waals surface area contributed by atoms with Gasteiger partial charge in [0, 0.05) is 11.7 Å². The van der Waals surface area contributed by atoms with Crippen LogP contribution in [0.4, 0.5) is 10.5 Å². The van der Waals surface area contributed by atoms with Gasteiger partial charge < -0.3 is 15.5 Å². The Hall–Kier alpha value is -1.55. The Morgan fingerprint density at radius 2 is 1.81 bits per heavy atom. The zero-order valence-electron chi connectivity index (χ0n) is 13.6. The minimum absolute atomic E-state index is 0.0113. The van der Waals surface area contributed by atoms with Crippen molar-refractivity contribution in [2.45, 2.75) is 45.1 Å². The molecule has 0 aromatic heterocycles. The molecule has 0 bridgehead atoms. The van der Waals surface area contributed by atoms with E-state index in [1.165, 1.54) is 0 Å². The first-order chi connectivity index (χ1) is 9.86. The highest BCUT2D eigenvalue weighted by molar-refractivity contribution is 5.90. The molecule has 0 atom stereocenters. The van der Waals surface area contributed by atoms with E-state index >= 15 is 0 Å². The fourth-order valence-electron chi connectivity index (χ4n) is 2.74. The fourth-order valence-corrected chi connectivity index (χ4v) is 2.74. The Labute approximate surface area is 127 Å². The molecule has 4 nitrogen and oxygen atoms in total. The molecule has 1 aromatic carbocycles. The number of amides is 2. The fraction of sp³-hybridized carbons (Fsp3) is 0.588. The molecule has 2 N–H and O–H groups in total. The van der Waals surface area contributed by atoms with E-state index in [0.29, 0.717) is 0 Å². The number of urea groups is 1. The number of benzene rings is 1. The standard InChI is InChI=1S/C17H27N3O/c1-17(2,3)14-7-5-6-8-15(14)19-16(21)18-13-9-11-20(4)12-10-13/h5-8,13H,9-12H2,1-4H3,(H2,18,19,21). The van der Waals surface area contributed by atoms with Crippen molar-refractivity contribution in [1.82, 2.24) is 10.2 Å². The Kier molecular flexibility index (Phi) is 4.88. The summed E-state index contributed by atoms with van der Waals surface area (Å²) in [6.07, 6.45) is 2.04. The molecule has 1 aliphatic heterocycles. The van der Waals surface area contributed by atoms with E-state index in [2.05, 4.69) is 49.4 Å². The van der Waals surface area contributed by atoms with Crippen molar-refractivity contribution >= 4 is 11.7 Å². The number of hydrogen-bond donors (Lipinski definition) is 2. The first-order valence-corrected chi connectivity index (χ1v) is 7.72. The van der Waals surface area contributed by atoms with Gasteiger partial charge in [0.1, 0.15) is 0 Å². The molecule has 116 valence electrons. The largest absolute Gasteiger partial charge is 0.335 e. The number of piperidine rings is 1. The Balaban J connectivity index is 1.97. The molecular weight excluding hydrogens is 262 g/mol. The van der Waals surface area contributed by atoms with Crippen LogP contribution in [0.1, 0.15) is 39.2 Å². The van der Waals surface area contributed by atoms with Gasteiger partial charge in [-0.25, -0.2) is 4.79 Å². The lowest BCUT2D eigenvalue weighted by Crippen LogP contribution is -2.45. The molecule has 0 aliphatic carbocycles. The molecule has 2 rings (SSSR count). The van der Waals surface area contributed by atoms with Crippen LogP contribution in [0.25, 0.3) is 0 Å². The number of rotatable bonds is 2. The van der Waals surface area contributed by atoms with Crippen LogP contribution >= 0.6 is 0 Å². The summed E-state index contributed by atoms with van der Waals surface area (Å²) < 4.78 is 0. The summed E-state index contributed by atoms with van der Waals surface area (Å²) in [5.41, 5.74) is 2.07. The summed E-state index contributed by atoms with van der Waals surface area (Å²) >= 11 is 0. The van der Waals surface area contributed by atoms with E-state index < -0.39 is 0 Å². The summed E-state index contributed by atoms with van der Waals surface area (Å²) in [4.78, 5) is 14.5. The van der Waals surface area contributed by atoms with E-state index in [9.17, 15) is 4.79 Å². The second-order valence-electron chi connectivity index (χ2n) is 6.97. The number of likely N-dealkylation sites (tertiary alicyclic amines) is 1. The molecule has 1 aromatic rings. The molecule has 21 heavy (non-hydrogen) atoms. The van der Waals surface area contributed by atoms with Crippen molar-refractivity contribution in [3.8, 4) is 0 Å². The van der Waals surface area contributed by atoms with E-state index in [-0.39, 0.29) is 17.5 Å². The lowest BCUT2D eigenvalue weighted by atomic mass is 9.86. The van der Waals surface area contributed by atoms with Gasteiger partial charge in [0.05, 0.1) is 0 Å². The van der Waals surface area contributed by atoms with Crippen molar-refractivity contribution < 1.29 is 4.79 Å². The highest BCUT2D eigenvalue weighted by Gasteiger charge is 2.21. The molecule has 1 aliphatic rings. The number of nitrogens with zero attached hydrogens (tertiary/aromatic N) is 1. The lowest BCUT2D eigenvalue weighted by Gasteiger charge is -2.30. The Morgan fingerprint density at radius 3 is 2.43 bits per heavy atom. The zero-order valence-corrected chi connectivity index (χ0v) is 13.6. The van der Waals surface area contributed by atoms with Crippen LogP contribution in [0, 0.1) is 0 Å². The predicted octanol–water partition coefficient (Wildman–Crippen LogP) is 3.20. The molecule has 0 spiro atoms. The van der Waals surface area contributed by atoms with Gasteiger partial charge in [0.25, 0.3) is 0 Å². The Morgan fingerprint density at radius 1 is 1.19 bits per heavy atom. The molecule has 2 amide bonds. The Bertz CT molecular complexity index is 485. The topological polar surface area (TPSA) is 44.4 Å². The number of carbonyl (C=O) groups excluding carboxylic acids is 1. The smallest absolute Gasteiger partial charge is 0.319 e. The van der Waals surface area contributed by atoms with Gasteiger partial charge >= 0.3 is 6.03 Å². The van der Waals surface area contributed by atoms with Crippen LogP contribution in [-0.4, -0.2) is 37.1 Å². The number of hydrogen-bond acceptors (Lipinski definition) is 2. The molecule has 1 fully saturated rings. The third kappa shape index (κ3) is 4.46. The lowest BCUT2D eigenvalue weighted by molar-refractivity contribution is 0.221. The maximum atomic E-state index is 12.2. The van der Waals surface area contributed by atoms with Gasteiger partial charge in [-0.15, -0.1) is 0 Å². The molecular formula is C17H27N3O. The summed E-state index contributed by atoms with van der Waals surface area (Å²) in [6, 6.07) is 8.20. The number of nitrogens with one attached hydrogen (secondary N) is 2. The maximum absolute atomic E-state index is 12.2. The molecule has 0 radical (unpaired) electrons. The van der Waals surface area contributed by atoms with Crippen molar-refractivity contribution in [2.75, 3.05) is 25.5 Å². The highest BCUT2D eigenvalue weighted by atomic mass is 16.2. The van der Waals surface area contributed by atoms with Crippen molar-refractivity contribution in [2.24, 2.45) is 0 Å². The summed E-state index contributed by atoms with van der Waals surface area (Å²) in [7, 11) is 2.12. The minimum Gasteiger partial charge on any atom is -0.335 e. The van der Waals surface area contributed by atoms with E-state index in [0.717, 1.165) is 37.2 Å². The van der Waals surface area contributed by atoms with Gasteiger partial charge in [-0.1, -0.05) is 39.0 Å². The van der Waals surface area contributed by atoms with Gasteiger partial charge in [-0.2, -0.15) is 0 Å². The minimum atomic E-state index is -0.0961. The van der Waals surface area contributed by atoms with Crippen LogP contribution in [0.5, 0.6) is 0 Å². The third-order valence-corrected chi connectivity index (χ3v) is 4.04. The van der Waals surface area contributed by atoms with Crippen LogP contribution in [0.15, 0.2) is 24.3 Å². The summed E-state index contributed by atoms with van der Waals surface area (Å²) in [6.45, 7) is 8.56. The first-order valence-electron chi connectivity index (χ1n) is 7.72. The van der Waals surface area contributed by atoms with Gasteiger partial charge in [-0.05, 0) is 50.0 Å². The van der Waals surface area contributed by atoms with Gasteiger partial charge in [0.15, 0.2) is 0 Å². The van der Waals surface area contributed by atoms with E-state index in [1.807, 2.05) is 18.2 Å². The SMILES string of the molecule is CN1CCC(NC(=O)Nc2ccccc2C(C)(C)C)CC1. The second-order valence-corrected chi connectivity index (χ2v) is 6.97. The highest BCUT2D eigenvalue weighted by Crippen LogP contribution is 2.29. The van der Waals surface area contributed by atoms with E-state index in [4.69, 9.17) is 0 Å². The monoisotopic (exact) mass is 289 g/mol. The van der Waals surface area contributed by atoms with Gasteiger partial charge in [0.2, 0.25) is 0 Å². The van der Waals surface area contributed by atoms with Crippen molar-refractivity contribution in [3.63, 3.8) is 0 Å². The second kappa shape index (κ2) is 6.48. The molecule has 0 saturated carbocycles. The third-order valence-electron chi connectivity index (χ3n) is 4.04. The average molecular weight is 289 g/mol. The molecule has 1 heterocycles. The number of anilines is 1. The van der Waals surface area contributed by atoms with Crippen molar-refractivity contribution in [1.29, 1.82) is 0 Å². The first kappa shape index (κ1) is 15.8. The summed E-state index contributed by atoms with van der Waals surface area (Å²) in [5, 5.41) is 6.10. The summed E-state index contributed by atoms with van der Waals surface area (Å²) in [5.74, 6) is 0. The van der Waals surface area contributed by atoms with Crippen LogP contribution in [0.2, 0.25) is 0 Å². The number of para-hydroxylation sites is 1. The number of carbonyl (C=O) groups is 1. The molecule has 0 unspecified atom stereocenters. The molecule has 4 heteroatoms.